The Labute approximate surface area is 131 Å². The first kappa shape index (κ1) is 15.3. The molecular formula is C15H12ClNO3S. The number of halogens is 1. The van der Waals surface area contributed by atoms with Crippen LogP contribution < -0.4 is 5.32 Å². The molecule has 0 aliphatic heterocycles. The molecule has 4 nitrogen and oxygen atoms in total. The number of amides is 1. The Hall–Kier alpha value is -2.11. The van der Waals surface area contributed by atoms with Gasteiger partial charge >= 0.3 is 5.97 Å². The smallest absolute Gasteiger partial charge is 0.338 e. The molecule has 1 heterocycles. The molecule has 6 heteroatoms. The fourth-order valence-electron chi connectivity index (χ4n) is 1.55. The van der Waals surface area contributed by atoms with Gasteiger partial charge in [-0.05, 0) is 29.6 Å². The summed E-state index contributed by atoms with van der Waals surface area (Å²) in [5.74, 6) is -0.742. The first-order chi connectivity index (χ1) is 10.1. The first-order valence-corrected chi connectivity index (χ1v) is 7.27. The number of benzene rings is 1. The van der Waals surface area contributed by atoms with Crippen molar-refractivity contribution >= 4 is 40.5 Å². The molecule has 0 aliphatic carbocycles. The molecule has 0 fully saturated rings. The van der Waals surface area contributed by atoms with Crippen LogP contribution in [0.5, 0.6) is 0 Å². The van der Waals surface area contributed by atoms with Gasteiger partial charge in [0.1, 0.15) is 6.61 Å². The van der Waals surface area contributed by atoms with E-state index in [2.05, 4.69) is 11.9 Å². The molecule has 2 aromatic rings. The highest BCUT2D eigenvalue weighted by Crippen LogP contribution is 2.15. The first-order valence-electron chi connectivity index (χ1n) is 6.01. The van der Waals surface area contributed by atoms with Gasteiger partial charge in [-0.1, -0.05) is 30.3 Å². The van der Waals surface area contributed by atoms with Gasteiger partial charge in [0.25, 0.3) is 5.91 Å². The summed E-state index contributed by atoms with van der Waals surface area (Å²) >= 11 is 6.88. The number of hydrogen-bond donors (Lipinski definition) is 1. The molecule has 1 amide bonds. The number of rotatable bonds is 5. The maximum Gasteiger partial charge on any atom is 0.338 e. The van der Waals surface area contributed by atoms with Crippen LogP contribution in [0.25, 0.3) is 0 Å². The second kappa shape index (κ2) is 7.06. The van der Waals surface area contributed by atoms with Crippen LogP contribution in [0, 0.1) is 0 Å². The van der Waals surface area contributed by atoms with E-state index in [-0.39, 0.29) is 17.5 Å². The van der Waals surface area contributed by atoms with Crippen molar-refractivity contribution in [3.8, 4) is 0 Å². The molecule has 0 unspecified atom stereocenters. The van der Waals surface area contributed by atoms with Crippen LogP contribution in [0.3, 0.4) is 0 Å². The van der Waals surface area contributed by atoms with Crippen molar-refractivity contribution in [2.24, 2.45) is 0 Å². The lowest BCUT2D eigenvalue weighted by molar-refractivity contribution is 0.0546. The van der Waals surface area contributed by atoms with Crippen molar-refractivity contribution in [3.05, 3.63) is 63.8 Å². The summed E-state index contributed by atoms with van der Waals surface area (Å²) in [7, 11) is 0. The number of esters is 1. The SMILES string of the molecule is C=C(Cl)COC(=O)c1cccc(NC(=O)c2cccs2)c1. The summed E-state index contributed by atoms with van der Waals surface area (Å²) in [4.78, 5) is 24.3. The Balaban J connectivity index is 2.05. The third-order valence-corrected chi connectivity index (χ3v) is 3.44. The van der Waals surface area contributed by atoms with Crippen molar-refractivity contribution in [2.75, 3.05) is 11.9 Å². The largest absolute Gasteiger partial charge is 0.456 e. The van der Waals surface area contributed by atoms with E-state index in [4.69, 9.17) is 16.3 Å². The van der Waals surface area contributed by atoms with Crippen molar-refractivity contribution in [1.29, 1.82) is 0 Å². The Morgan fingerprint density at radius 1 is 1.29 bits per heavy atom. The van der Waals surface area contributed by atoms with Crippen molar-refractivity contribution < 1.29 is 14.3 Å². The Morgan fingerprint density at radius 2 is 2.10 bits per heavy atom. The molecule has 0 saturated carbocycles. The van der Waals surface area contributed by atoms with Crippen molar-refractivity contribution in [1.82, 2.24) is 0 Å². The zero-order chi connectivity index (χ0) is 15.2. The van der Waals surface area contributed by atoms with Crippen LogP contribution in [-0.2, 0) is 4.74 Å². The number of hydrogen-bond acceptors (Lipinski definition) is 4. The van der Waals surface area contributed by atoms with Gasteiger partial charge < -0.3 is 10.1 Å². The summed E-state index contributed by atoms with van der Waals surface area (Å²) in [5.41, 5.74) is 0.851. The molecule has 21 heavy (non-hydrogen) atoms. The Kier molecular flexibility index (Phi) is 5.14. The van der Waals surface area contributed by atoms with E-state index in [0.717, 1.165) is 0 Å². The summed E-state index contributed by atoms with van der Waals surface area (Å²) in [6, 6.07) is 10.0. The molecule has 0 spiro atoms. The second-order valence-corrected chi connectivity index (χ2v) is 5.59. The molecule has 0 atom stereocenters. The van der Waals surface area contributed by atoms with Crippen LogP contribution >= 0.6 is 22.9 Å². The van der Waals surface area contributed by atoms with Crippen molar-refractivity contribution in [3.63, 3.8) is 0 Å². The minimum atomic E-state index is -0.524. The quantitative estimate of drug-likeness (QED) is 0.849. The van der Waals surface area contributed by atoms with Gasteiger partial charge in [-0.3, -0.25) is 4.79 Å². The lowest BCUT2D eigenvalue weighted by atomic mass is 10.2. The van der Waals surface area contributed by atoms with Crippen LogP contribution in [-0.4, -0.2) is 18.5 Å². The van der Waals surface area contributed by atoms with Gasteiger partial charge in [-0.2, -0.15) is 0 Å². The Morgan fingerprint density at radius 3 is 2.76 bits per heavy atom. The monoisotopic (exact) mass is 321 g/mol. The molecule has 2 rings (SSSR count). The summed E-state index contributed by atoms with van der Waals surface area (Å²) in [6.45, 7) is 3.39. The molecule has 1 N–H and O–H groups in total. The van der Waals surface area contributed by atoms with E-state index in [1.165, 1.54) is 11.3 Å². The van der Waals surface area contributed by atoms with Crippen LogP contribution in [0.1, 0.15) is 20.0 Å². The summed E-state index contributed by atoms with van der Waals surface area (Å²) < 4.78 is 4.94. The predicted octanol–water partition coefficient (Wildman–Crippen LogP) is 3.91. The number of carbonyl (C=O) groups is 2. The van der Waals surface area contributed by atoms with E-state index < -0.39 is 5.97 Å². The molecule has 1 aromatic heterocycles. The van der Waals surface area contributed by atoms with Crippen molar-refractivity contribution in [2.45, 2.75) is 0 Å². The Bertz CT molecular complexity index is 667. The maximum atomic E-state index is 11.9. The fourth-order valence-corrected chi connectivity index (χ4v) is 2.23. The highest BCUT2D eigenvalue weighted by molar-refractivity contribution is 7.12. The van der Waals surface area contributed by atoms with Gasteiger partial charge in [-0.15, -0.1) is 11.3 Å². The summed E-state index contributed by atoms with van der Waals surface area (Å²) in [5, 5.41) is 4.79. The number of thiophene rings is 1. The predicted molar refractivity (Wildman–Crippen MR) is 84.0 cm³/mol. The number of anilines is 1. The van der Waals surface area contributed by atoms with E-state index >= 15 is 0 Å². The minimum absolute atomic E-state index is 0.0494. The van der Waals surface area contributed by atoms with Gasteiger partial charge in [-0.25, -0.2) is 4.79 Å². The topological polar surface area (TPSA) is 55.4 Å². The highest BCUT2D eigenvalue weighted by atomic mass is 35.5. The normalized spacial score (nSPS) is 9.95. The van der Waals surface area contributed by atoms with Crippen LogP contribution in [0.15, 0.2) is 53.4 Å². The standard InChI is InChI=1S/C15H12ClNO3S/c1-10(16)9-20-15(19)11-4-2-5-12(8-11)17-14(18)13-6-3-7-21-13/h2-8H,1,9H2,(H,17,18). The lowest BCUT2D eigenvalue weighted by Gasteiger charge is -2.07. The molecule has 0 aliphatic rings. The fraction of sp³-hybridized carbons (Fsp3) is 0.0667. The van der Waals surface area contributed by atoms with Gasteiger partial charge in [0.05, 0.1) is 10.4 Å². The summed E-state index contributed by atoms with van der Waals surface area (Å²) in [6.07, 6.45) is 0. The molecule has 0 saturated heterocycles. The average molecular weight is 322 g/mol. The maximum absolute atomic E-state index is 11.9. The third-order valence-electron chi connectivity index (χ3n) is 2.46. The average Bonchev–Trinajstić information content (AvgIpc) is 2.99. The number of ether oxygens (including phenoxy) is 1. The molecule has 0 radical (unpaired) electrons. The third kappa shape index (κ3) is 4.44. The zero-order valence-corrected chi connectivity index (χ0v) is 12.5. The second-order valence-electron chi connectivity index (χ2n) is 4.11. The molecule has 108 valence electrons. The number of nitrogens with one attached hydrogen (secondary N) is 1. The van der Waals surface area contributed by atoms with E-state index in [9.17, 15) is 9.59 Å². The van der Waals surface area contributed by atoms with Gasteiger partial charge in [0.15, 0.2) is 0 Å². The van der Waals surface area contributed by atoms with Gasteiger partial charge in [0, 0.05) is 10.7 Å². The number of carbonyl (C=O) groups excluding carboxylic acids is 2. The molecule has 0 bridgehead atoms. The van der Waals surface area contributed by atoms with E-state index in [1.54, 1.807) is 36.4 Å². The van der Waals surface area contributed by atoms with E-state index in [0.29, 0.717) is 16.1 Å². The van der Waals surface area contributed by atoms with Crippen LogP contribution in [0.4, 0.5) is 5.69 Å². The minimum Gasteiger partial charge on any atom is -0.456 e. The lowest BCUT2D eigenvalue weighted by Crippen LogP contribution is -2.11. The zero-order valence-electron chi connectivity index (χ0n) is 11.0. The van der Waals surface area contributed by atoms with Gasteiger partial charge in [0.2, 0.25) is 0 Å². The van der Waals surface area contributed by atoms with E-state index in [1.807, 2.05) is 5.38 Å². The van der Waals surface area contributed by atoms with Crippen LogP contribution in [0.2, 0.25) is 0 Å². The molecular weight excluding hydrogens is 310 g/mol. The highest BCUT2D eigenvalue weighted by Gasteiger charge is 2.11. The molecule has 1 aromatic carbocycles.